The van der Waals surface area contributed by atoms with E-state index in [-0.39, 0.29) is 39.4 Å². The minimum absolute atomic E-state index is 0. The highest BCUT2D eigenvalue weighted by atomic mass is 79.9. The number of ether oxygens (including phenoxy) is 4. The lowest BCUT2D eigenvalue weighted by Gasteiger charge is -2.38. The third kappa shape index (κ3) is 23.7. The maximum absolute atomic E-state index is 6.56. The van der Waals surface area contributed by atoms with E-state index >= 15 is 0 Å². The molecule has 0 aromatic carbocycles. The molecule has 45 heavy (non-hydrogen) atoms. The van der Waals surface area contributed by atoms with E-state index in [0.717, 1.165) is 101 Å². The van der Waals surface area contributed by atoms with E-state index in [1.165, 1.54) is 90.6 Å². The van der Waals surface area contributed by atoms with Gasteiger partial charge in [0.2, 0.25) is 0 Å². The van der Waals surface area contributed by atoms with Gasteiger partial charge in [-0.15, -0.1) is 0 Å². The quantitative estimate of drug-likeness (QED) is 0.0745. The van der Waals surface area contributed by atoms with Gasteiger partial charge in [0.25, 0.3) is 0 Å². The van der Waals surface area contributed by atoms with Crippen molar-refractivity contribution in [1.82, 2.24) is 0 Å². The third-order valence-corrected chi connectivity index (χ3v) is 10.4. The van der Waals surface area contributed by atoms with Gasteiger partial charge in [-0.05, 0) is 67.2 Å². The standard InChI is InChI=1S/C37H80N2O4.2BrH/c1-9-17-19-20-21-24-31-41-34-37(26-23-22-25-30-40-29-18-10-2,35-42-32-27-38(11-3,12-4)13-5)36-43-33-28-39(14-6,15-7)16-8;;/h9-36H2,1-8H3;2*1H/q+2;;/p-2. The highest BCUT2D eigenvalue weighted by Crippen LogP contribution is 2.28. The molecule has 0 aliphatic heterocycles. The molecule has 0 aliphatic rings. The minimum Gasteiger partial charge on any atom is -1.00 e. The summed E-state index contributed by atoms with van der Waals surface area (Å²) in [5.74, 6) is 0. The van der Waals surface area contributed by atoms with Crippen LogP contribution in [0.2, 0.25) is 0 Å². The van der Waals surface area contributed by atoms with E-state index in [0.29, 0.717) is 0 Å². The molecule has 0 unspecified atom stereocenters. The summed E-state index contributed by atoms with van der Waals surface area (Å²) in [7, 11) is 0. The SMILES string of the molecule is CCCCCCCCOCC(CCCCCOCCCC)(COCC[N+](CC)(CC)CC)COCC[N+](CC)(CC)CC.[Br-].[Br-]. The lowest BCUT2D eigenvalue weighted by molar-refractivity contribution is -0.923. The van der Waals surface area contributed by atoms with Crippen LogP contribution in [-0.4, -0.2) is 114 Å². The van der Waals surface area contributed by atoms with E-state index in [2.05, 4.69) is 55.4 Å². The molecule has 0 spiro atoms. The number of halogens is 2. The Kier molecular flexibility index (Phi) is 37.0. The number of rotatable bonds is 34. The van der Waals surface area contributed by atoms with Crippen molar-refractivity contribution in [1.29, 1.82) is 0 Å². The zero-order chi connectivity index (χ0) is 32.1. The fraction of sp³-hybridized carbons (Fsp3) is 1.00. The summed E-state index contributed by atoms with van der Waals surface area (Å²) in [6, 6.07) is 0. The van der Waals surface area contributed by atoms with Crippen molar-refractivity contribution in [3.8, 4) is 0 Å². The second-order valence-corrected chi connectivity index (χ2v) is 13.2. The van der Waals surface area contributed by atoms with Crippen LogP contribution in [0.15, 0.2) is 0 Å². The Morgan fingerprint density at radius 1 is 0.378 bits per heavy atom. The normalized spacial score (nSPS) is 12.3. The molecule has 8 heteroatoms. The van der Waals surface area contributed by atoms with Crippen LogP contribution < -0.4 is 34.0 Å². The molecule has 0 rings (SSSR count). The highest BCUT2D eigenvalue weighted by molar-refractivity contribution is 4.80. The van der Waals surface area contributed by atoms with E-state index in [4.69, 9.17) is 18.9 Å². The Balaban J connectivity index is -0.00000882. The molecule has 0 heterocycles. The van der Waals surface area contributed by atoms with Gasteiger partial charge in [-0.1, -0.05) is 65.2 Å². The van der Waals surface area contributed by atoms with Crippen LogP contribution in [0, 0.1) is 5.41 Å². The van der Waals surface area contributed by atoms with Gasteiger partial charge < -0.3 is 61.9 Å². The fourth-order valence-electron chi connectivity index (χ4n) is 6.23. The molecule has 6 nitrogen and oxygen atoms in total. The van der Waals surface area contributed by atoms with Gasteiger partial charge in [0.05, 0.1) is 72.3 Å². The largest absolute Gasteiger partial charge is 1.00 e. The monoisotopic (exact) mass is 774 g/mol. The van der Waals surface area contributed by atoms with Gasteiger partial charge in [0.1, 0.15) is 13.1 Å². The van der Waals surface area contributed by atoms with E-state index in [1.54, 1.807) is 0 Å². The molecule has 0 aliphatic carbocycles. The first kappa shape index (κ1) is 50.1. The number of nitrogens with zero attached hydrogens (tertiary/aromatic N) is 2. The molecule has 0 bridgehead atoms. The Hall–Kier alpha value is 0.720. The number of likely N-dealkylation sites (N-methyl/N-ethyl adjacent to an activating group) is 2. The van der Waals surface area contributed by atoms with E-state index in [9.17, 15) is 0 Å². The fourth-order valence-corrected chi connectivity index (χ4v) is 6.23. The van der Waals surface area contributed by atoms with Crippen molar-refractivity contribution in [2.24, 2.45) is 5.41 Å². The maximum Gasteiger partial charge on any atom is 0.102 e. The second-order valence-electron chi connectivity index (χ2n) is 13.2. The molecule has 0 atom stereocenters. The van der Waals surface area contributed by atoms with Gasteiger partial charge in [-0.25, -0.2) is 0 Å². The summed E-state index contributed by atoms with van der Waals surface area (Å²) in [6.07, 6.45) is 14.7. The lowest BCUT2D eigenvalue weighted by Crippen LogP contribution is -3.00. The average molecular weight is 777 g/mol. The van der Waals surface area contributed by atoms with Crippen molar-refractivity contribution in [2.45, 2.75) is 132 Å². The van der Waals surface area contributed by atoms with Crippen molar-refractivity contribution in [3.05, 3.63) is 0 Å². The Labute approximate surface area is 303 Å². The number of quaternary nitrogens is 2. The summed E-state index contributed by atoms with van der Waals surface area (Å²) in [5.41, 5.74) is -0.0914. The van der Waals surface area contributed by atoms with Crippen molar-refractivity contribution in [2.75, 3.05) is 105 Å². The minimum atomic E-state index is -0.0914. The van der Waals surface area contributed by atoms with Gasteiger partial charge >= 0.3 is 0 Å². The summed E-state index contributed by atoms with van der Waals surface area (Å²) >= 11 is 0. The first-order chi connectivity index (χ1) is 20.9. The van der Waals surface area contributed by atoms with Crippen LogP contribution >= 0.6 is 0 Å². The van der Waals surface area contributed by atoms with E-state index in [1.807, 2.05) is 0 Å². The topological polar surface area (TPSA) is 36.9 Å². The zero-order valence-corrected chi connectivity index (χ0v) is 34.8. The Bertz CT molecular complexity index is 526. The number of unbranched alkanes of at least 4 members (excludes halogenated alkanes) is 8. The van der Waals surface area contributed by atoms with Gasteiger partial charge in [-0.2, -0.15) is 0 Å². The molecule has 0 N–H and O–H groups in total. The van der Waals surface area contributed by atoms with Crippen LogP contribution in [0.1, 0.15) is 132 Å². The maximum atomic E-state index is 6.56. The molecule has 0 radical (unpaired) electrons. The van der Waals surface area contributed by atoms with Crippen molar-refractivity contribution in [3.63, 3.8) is 0 Å². The number of hydrogen-bond acceptors (Lipinski definition) is 4. The Morgan fingerprint density at radius 2 is 0.733 bits per heavy atom. The average Bonchev–Trinajstić information content (AvgIpc) is 3.04. The molecule has 0 amide bonds. The summed E-state index contributed by atoms with van der Waals surface area (Å²) in [6.45, 7) is 34.0. The van der Waals surface area contributed by atoms with Crippen molar-refractivity contribution < 1.29 is 61.9 Å². The summed E-state index contributed by atoms with van der Waals surface area (Å²) in [4.78, 5) is 0. The predicted molar refractivity (Wildman–Crippen MR) is 186 cm³/mol. The molecule has 0 saturated heterocycles. The Morgan fingerprint density at radius 3 is 1.18 bits per heavy atom. The van der Waals surface area contributed by atoms with Crippen LogP contribution in [-0.2, 0) is 18.9 Å². The molecular formula is C37H80Br2N2O4. The molecule has 0 aromatic rings. The summed E-state index contributed by atoms with van der Waals surface area (Å²) < 4.78 is 27.7. The lowest BCUT2D eigenvalue weighted by atomic mass is 9.84. The molecule has 0 aromatic heterocycles. The van der Waals surface area contributed by atoms with Crippen LogP contribution in [0.4, 0.5) is 0 Å². The molecule has 0 fully saturated rings. The first-order valence-corrected chi connectivity index (χ1v) is 18.9. The van der Waals surface area contributed by atoms with Crippen molar-refractivity contribution >= 4 is 0 Å². The van der Waals surface area contributed by atoms with Gasteiger partial charge in [-0.3, -0.25) is 0 Å². The first-order valence-electron chi connectivity index (χ1n) is 18.9. The van der Waals surface area contributed by atoms with E-state index < -0.39 is 0 Å². The molecule has 0 saturated carbocycles. The smallest absolute Gasteiger partial charge is 0.102 e. The van der Waals surface area contributed by atoms with Gasteiger partial charge in [0, 0.05) is 25.2 Å². The number of hydrogen-bond donors (Lipinski definition) is 0. The zero-order valence-electron chi connectivity index (χ0n) is 31.6. The van der Waals surface area contributed by atoms with Gasteiger partial charge in [0.15, 0.2) is 0 Å². The van der Waals surface area contributed by atoms with Crippen LogP contribution in [0.5, 0.6) is 0 Å². The second kappa shape index (κ2) is 33.2. The molecule has 276 valence electrons. The highest BCUT2D eigenvalue weighted by Gasteiger charge is 2.32. The summed E-state index contributed by atoms with van der Waals surface area (Å²) in [5, 5.41) is 0. The van der Waals surface area contributed by atoms with Crippen LogP contribution in [0.25, 0.3) is 0 Å². The third-order valence-electron chi connectivity index (χ3n) is 10.4. The van der Waals surface area contributed by atoms with Crippen LogP contribution in [0.3, 0.4) is 0 Å². The molecular weight excluding hydrogens is 696 g/mol. The predicted octanol–water partition coefficient (Wildman–Crippen LogP) is 2.52.